The van der Waals surface area contributed by atoms with Crippen molar-refractivity contribution in [2.24, 2.45) is 11.1 Å². The van der Waals surface area contributed by atoms with Crippen molar-refractivity contribution in [3.63, 3.8) is 0 Å². The minimum absolute atomic E-state index is 0.126. The van der Waals surface area contributed by atoms with Gasteiger partial charge in [-0.1, -0.05) is 48.0 Å². The van der Waals surface area contributed by atoms with E-state index < -0.39 is 0 Å². The van der Waals surface area contributed by atoms with Gasteiger partial charge in [-0.05, 0) is 36.9 Å². The van der Waals surface area contributed by atoms with Crippen molar-refractivity contribution in [2.45, 2.75) is 29.7 Å². The van der Waals surface area contributed by atoms with Crippen LogP contribution in [-0.2, 0) is 0 Å². The molecule has 0 aliphatic carbocycles. The van der Waals surface area contributed by atoms with Crippen LogP contribution in [0.3, 0.4) is 0 Å². The van der Waals surface area contributed by atoms with E-state index in [1.807, 2.05) is 17.0 Å². The van der Waals surface area contributed by atoms with E-state index in [0.717, 1.165) is 30.8 Å². The standard InChI is InChI=1S/C18H20Cl2N6OS/c1-18(9-21)5-7-26(8-6-18)15-16(27)22-13-14(23-15)24-25-17(13)28-11-4-2-3-10(19)12(11)20/h2-4H,5-9,21H2,1H3,(H,22,27)(H,23,24,25). The summed E-state index contributed by atoms with van der Waals surface area (Å²) in [6, 6.07) is 5.39. The normalized spacial score (nSPS) is 16.6. The van der Waals surface area contributed by atoms with E-state index in [9.17, 15) is 4.79 Å². The number of aromatic nitrogens is 4. The molecule has 0 saturated carbocycles. The molecule has 4 rings (SSSR count). The second-order valence-corrected chi connectivity index (χ2v) is 9.11. The van der Waals surface area contributed by atoms with Gasteiger partial charge in [0.05, 0.1) is 10.0 Å². The van der Waals surface area contributed by atoms with Crippen LogP contribution >= 0.6 is 35.0 Å². The molecular formula is C18H20Cl2N6OS. The first kappa shape index (κ1) is 19.6. The Morgan fingerprint density at radius 1 is 1.32 bits per heavy atom. The number of fused-ring (bicyclic) bond motifs is 1. The SMILES string of the molecule is CC1(CN)CCN(c2nc3[nH]nc(Sc4cccc(Cl)c4Cl)c3[nH]c2=O)CC1. The zero-order valence-corrected chi connectivity index (χ0v) is 17.6. The Balaban J connectivity index is 1.63. The first-order valence-electron chi connectivity index (χ1n) is 8.95. The Hall–Kier alpha value is -1.74. The lowest BCUT2D eigenvalue weighted by molar-refractivity contribution is 0.257. The maximum atomic E-state index is 12.7. The van der Waals surface area contributed by atoms with Gasteiger partial charge in [-0.3, -0.25) is 9.89 Å². The minimum Gasteiger partial charge on any atom is -0.352 e. The van der Waals surface area contributed by atoms with E-state index in [2.05, 4.69) is 27.1 Å². The lowest BCUT2D eigenvalue weighted by atomic mass is 9.80. The van der Waals surface area contributed by atoms with Crippen LogP contribution in [0.15, 0.2) is 32.9 Å². The largest absolute Gasteiger partial charge is 0.352 e. The molecule has 3 aromatic rings. The van der Waals surface area contributed by atoms with Gasteiger partial charge in [-0.15, -0.1) is 0 Å². The fourth-order valence-electron chi connectivity index (χ4n) is 3.25. The Morgan fingerprint density at radius 2 is 2.07 bits per heavy atom. The Bertz CT molecular complexity index is 1070. The highest BCUT2D eigenvalue weighted by molar-refractivity contribution is 7.99. The number of hydrogen-bond donors (Lipinski definition) is 3. The Labute approximate surface area is 176 Å². The highest BCUT2D eigenvalue weighted by Gasteiger charge is 2.30. The first-order chi connectivity index (χ1) is 13.4. The van der Waals surface area contributed by atoms with Gasteiger partial charge in [0.2, 0.25) is 0 Å². The van der Waals surface area contributed by atoms with Crippen molar-refractivity contribution < 1.29 is 0 Å². The van der Waals surface area contributed by atoms with Crippen LogP contribution in [0.2, 0.25) is 10.0 Å². The molecule has 1 fully saturated rings. The van der Waals surface area contributed by atoms with Gasteiger partial charge in [0.1, 0.15) is 10.5 Å². The fraction of sp³-hybridized carbons (Fsp3) is 0.389. The summed E-state index contributed by atoms with van der Waals surface area (Å²) in [6.45, 7) is 4.34. The second-order valence-electron chi connectivity index (χ2n) is 7.30. The molecule has 3 heterocycles. The van der Waals surface area contributed by atoms with E-state index in [-0.39, 0.29) is 11.0 Å². The van der Waals surface area contributed by atoms with Crippen molar-refractivity contribution in [1.82, 2.24) is 20.2 Å². The van der Waals surface area contributed by atoms with Crippen LogP contribution in [-0.4, -0.2) is 39.8 Å². The van der Waals surface area contributed by atoms with E-state index in [1.165, 1.54) is 11.8 Å². The molecule has 0 radical (unpaired) electrons. The molecule has 4 N–H and O–H groups in total. The molecule has 0 atom stereocenters. The number of rotatable bonds is 4. The smallest absolute Gasteiger partial charge is 0.291 e. The number of H-pyrrole nitrogens is 2. The van der Waals surface area contributed by atoms with Gasteiger partial charge in [0.15, 0.2) is 11.5 Å². The molecule has 0 unspecified atom stereocenters. The topological polar surface area (TPSA) is 104 Å². The molecular weight excluding hydrogens is 419 g/mol. The summed E-state index contributed by atoms with van der Waals surface area (Å²) in [5, 5.41) is 8.70. The zero-order chi connectivity index (χ0) is 19.9. The predicted molar refractivity (Wildman–Crippen MR) is 114 cm³/mol. The third-order valence-corrected chi connectivity index (χ3v) is 7.24. The monoisotopic (exact) mass is 438 g/mol. The third kappa shape index (κ3) is 3.61. The summed E-state index contributed by atoms with van der Waals surface area (Å²) >= 11 is 13.7. The van der Waals surface area contributed by atoms with E-state index in [0.29, 0.717) is 38.6 Å². The van der Waals surface area contributed by atoms with Crippen molar-refractivity contribution in [3.05, 3.63) is 38.6 Å². The van der Waals surface area contributed by atoms with Crippen molar-refractivity contribution in [2.75, 3.05) is 24.5 Å². The van der Waals surface area contributed by atoms with Crippen LogP contribution in [0.4, 0.5) is 5.82 Å². The van der Waals surface area contributed by atoms with Crippen LogP contribution in [0.25, 0.3) is 11.2 Å². The number of piperidine rings is 1. The number of halogens is 2. The maximum Gasteiger partial charge on any atom is 0.291 e. The van der Waals surface area contributed by atoms with Crippen molar-refractivity contribution in [1.29, 1.82) is 0 Å². The summed E-state index contributed by atoms with van der Waals surface area (Å²) in [6.07, 6.45) is 1.86. The van der Waals surface area contributed by atoms with Gasteiger partial charge in [-0.2, -0.15) is 5.10 Å². The first-order valence-corrected chi connectivity index (χ1v) is 10.5. The molecule has 1 aromatic carbocycles. The average molecular weight is 439 g/mol. The highest BCUT2D eigenvalue weighted by Crippen LogP contribution is 2.38. The van der Waals surface area contributed by atoms with Gasteiger partial charge >= 0.3 is 0 Å². The lowest BCUT2D eigenvalue weighted by Crippen LogP contribution is -2.44. The summed E-state index contributed by atoms with van der Waals surface area (Å²) < 4.78 is 0. The van der Waals surface area contributed by atoms with Gasteiger partial charge in [-0.25, -0.2) is 4.98 Å². The summed E-state index contributed by atoms with van der Waals surface area (Å²) in [5.74, 6) is 0.410. The number of aromatic amines is 2. The summed E-state index contributed by atoms with van der Waals surface area (Å²) in [4.78, 5) is 22.9. The third-order valence-electron chi connectivity index (χ3n) is 5.26. The molecule has 10 heteroatoms. The quantitative estimate of drug-likeness (QED) is 0.573. The van der Waals surface area contributed by atoms with E-state index in [4.69, 9.17) is 28.9 Å². The maximum absolute atomic E-state index is 12.7. The molecule has 0 bridgehead atoms. The summed E-state index contributed by atoms with van der Waals surface area (Å²) in [5.41, 5.74) is 6.86. The number of anilines is 1. The Kier molecular flexibility index (Phi) is 5.30. The highest BCUT2D eigenvalue weighted by atomic mass is 35.5. The predicted octanol–water partition coefficient (Wildman–Crippen LogP) is 3.67. The number of nitrogens with two attached hydrogens (primary N) is 1. The average Bonchev–Trinajstić information content (AvgIpc) is 3.07. The second kappa shape index (κ2) is 7.59. The van der Waals surface area contributed by atoms with Crippen molar-refractivity contribution >= 4 is 51.9 Å². The van der Waals surface area contributed by atoms with Crippen LogP contribution in [0.1, 0.15) is 19.8 Å². The molecule has 1 saturated heterocycles. The molecule has 1 aliphatic rings. The van der Waals surface area contributed by atoms with E-state index >= 15 is 0 Å². The van der Waals surface area contributed by atoms with E-state index in [1.54, 1.807) is 6.07 Å². The Morgan fingerprint density at radius 3 is 2.79 bits per heavy atom. The van der Waals surface area contributed by atoms with Gasteiger partial charge < -0.3 is 15.6 Å². The molecule has 0 spiro atoms. The fourth-order valence-corrected chi connectivity index (χ4v) is 4.62. The number of benzene rings is 1. The molecule has 2 aromatic heterocycles. The molecule has 1 aliphatic heterocycles. The number of nitrogens with zero attached hydrogens (tertiary/aromatic N) is 3. The van der Waals surface area contributed by atoms with Gasteiger partial charge in [0.25, 0.3) is 5.56 Å². The molecule has 28 heavy (non-hydrogen) atoms. The molecule has 7 nitrogen and oxygen atoms in total. The minimum atomic E-state index is -0.232. The number of hydrogen-bond acceptors (Lipinski definition) is 6. The van der Waals surface area contributed by atoms with Gasteiger partial charge in [0, 0.05) is 18.0 Å². The molecule has 0 amide bonds. The van der Waals surface area contributed by atoms with Crippen molar-refractivity contribution in [3.8, 4) is 0 Å². The van der Waals surface area contributed by atoms with Crippen LogP contribution in [0, 0.1) is 5.41 Å². The summed E-state index contributed by atoms with van der Waals surface area (Å²) in [7, 11) is 0. The van der Waals surface area contributed by atoms with Crippen LogP contribution in [0.5, 0.6) is 0 Å². The molecule has 148 valence electrons. The zero-order valence-electron chi connectivity index (χ0n) is 15.3. The lowest BCUT2D eigenvalue weighted by Gasteiger charge is -2.38. The van der Waals surface area contributed by atoms with Crippen LogP contribution < -0.4 is 16.2 Å². The number of nitrogens with one attached hydrogen (secondary N) is 2.